The van der Waals surface area contributed by atoms with Crippen molar-refractivity contribution in [3.05, 3.63) is 33.8 Å². The molecule has 0 atom stereocenters. The van der Waals surface area contributed by atoms with E-state index in [9.17, 15) is 0 Å². The molecule has 94 valence electrons. The van der Waals surface area contributed by atoms with Crippen LogP contribution in [0.2, 0.25) is 10.0 Å². The normalized spacial score (nSPS) is 11.7. The Labute approximate surface area is 112 Å². The van der Waals surface area contributed by atoms with Crippen LogP contribution >= 0.6 is 23.2 Å². The lowest BCUT2D eigenvalue weighted by Gasteiger charge is -2.11. The number of halogens is 2. The Hall–Kier alpha value is -0.700. The number of hydrogen-bond donors (Lipinski definition) is 1. The van der Waals surface area contributed by atoms with Crippen molar-refractivity contribution in [1.82, 2.24) is 0 Å². The summed E-state index contributed by atoms with van der Waals surface area (Å²) in [5, 5.41) is 1.14. The van der Waals surface area contributed by atoms with Gasteiger partial charge in [-0.25, -0.2) is 0 Å². The second-order valence-corrected chi connectivity index (χ2v) is 4.63. The van der Waals surface area contributed by atoms with Crippen LogP contribution in [0.5, 0.6) is 5.75 Å². The van der Waals surface area contributed by atoms with Gasteiger partial charge in [-0.1, -0.05) is 29.3 Å². The summed E-state index contributed by atoms with van der Waals surface area (Å²) in [4.78, 5) is 0. The molecule has 0 saturated heterocycles. The average Bonchev–Trinajstić information content (AvgIpc) is 2.28. The van der Waals surface area contributed by atoms with Gasteiger partial charge in [0.05, 0.1) is 12.1 Å². The maximum absolute atomic E-state index is 6.08. The molecule has 0 bridgehead atoms. The van der Waals surface area contributed by atoms with Gasteiger partial charge in [-0.3, -0.25) is 0 Å². The SMILES string of the molecule is COc1c(Cl)cc(Cl)cc1/C(C)=C/CCCN. The first kappa shape index (κ1) is 14.4. The van der Waals surface area contributed by atoms with E-state index in [0.29, 0.717) is 22.3 Å². The van der Waals surface area contributed by atoms with E-state index in [1.807, 2.05) is 13.0 Å². The second-order valence-electron chi connectivity index (χ2n) is 3.79. The molecule has 0 spiro atoms. The summed E-state index contributed by atoms with van der Waals surface area (Å²) in [5.41, 5.74) is 7.49. The molecule has 0 aromatic heterocycles. The minimum atomic E-state index is 0.529. The van der Waals surface area contributed by atoms with E-state index >= 15 is 0 Å². The molecule has 1 rings (SSSR count). The minimum absolute atomic E-state index is 0.529. The molecule has 1 aromatic carbocycles. The summed E-state index contributed by atoms with van der Waals surface area (Å²) in [6, 6.07) is 3.54. The molecule has 1 aromatic rings. The first-order chi connectivity index (χ1) is 8.10. The molecule has 0 radical (unpaired) electrons. The standard InChI is InChI=1S/C13H17Cl2NO/c1-9(5-3-4-6-16)11-7-10(14)8-12(15)13(11)17-2/h5,7-8H,3-4,6,16H2,1-2H3/b9-5+. The molecule has 4 heteroatoms. The summed E-state index contributed by atoms with van der Waals surface area (Å²) in [6.45, 7) is 2.71. The van der Waals surface area contributed by atoms with Crippen molar-refractivity contribution < 1.29 is 4.74 Å². The number of ether oxygens (including phenoxy) is 1. The quantitative estimate of drug-likeness (QED) is 0.819. The molecule has 0 aliphatic heterocycles. The smallest absolute Gasteiger partial charge is 0.145 e. The van der Waals surface area contributed by atoms with Crippen molar-refractivity contribution in [3.8, 4) is 5.75 Å². The zero-order chi connectivity index (χ0) is 12.8. The summed E-state index contributed by atoms with van der Waals surface area (Å²) in [6.07, 6.45) is 4.03. The van der Waals surface area contributed by atoms with Gasteiger partial charge in [-0.15, -0.1) is 0 Å². The first-order valence-electron chi connectivity index (χ1n) is 5.50. The van der Waals surface area contributed by atoms with E-state index in [2.05, 4.69) is 6.08 Å². The highest BCUT2D eigenvalue weighted by Gasteiger charge is 2.10. The molecule has 0 saturated carbocycles. The number of nitrogens with two attached hydrogens (primary N) is 1. The van der Waals surface area contributed by atoms with Gasteiger partial charge in [0.2, 0.25) is 0 Å². The van der Waals surface area contributed by atoms with Gasteiger partial charge in [0.25, 0.3) is 0 Å². The molecule has 0 unspecified atom stereocenters. The van der Waals surface area contributed by atoms with E-state index in [1.54, 1.807) is 13.2 Å². The van der Waals surface area contributed by atoms with Crippen LogP contribution in [0.25, 0.3) is 5.57 Å². The van der Waals surface area contributed by atoms with Crippen molar-refractivity contribution in [2.45, 2.75) is 19.8 Å². The molecule has 2 nitrogen and oxygen atoms in total. The number of hydrogen-bond acceptors (Lipinski definition) is 2. The number of benzene rings is 1. The highest BCUT2D eigenvalue weighted by molar-refractivity contribution is 6.36. The van der Waals surface area contributed by atoms with Crippen LogP contribution in [0, 0.1) is 0 Å². The Morgan fingerprint density at radius 2 is 2.12 bits per heavy atom. The third kappa shape index (κ3) is 3.91. The molecule has 2 N–H and O–H groups in total. The van der Waals surface area contributed by atoms with Crippen molar-refractivity contribution in [2.75, 3.05) is 13.7 Å². The van der Waals surface area contributed by atoms with Gasteiger partial charge >= 0.3 is 0 Å². The lowest BCUT2D eigenvalue weighted by atomic mass is 10.0. The van der Waals surface area contributed by atoms with Crippen molar-refractivity contribution in [1.29, 1.82) is 0 Å². The molecule has 0 heterocycles. The monoisotopic (exact) mass is 273 g/mol. The van der Waals surface area contributed by atoms with Crippen LogP contribution < -0.4 is 10.5 Å². The Balaban J connectivity index is 3.07. The van der Waals surface area contributed by atoms with E-state index in [4.69, 9.17) is 33.7 Å². The van der Waals surface area contributed by atoms with E-state index in [-0.39, 0.29) is 0 Å². The van der Waals surface area contributed by atoms with Crippen LogP contribution in [0.15, 0.2) is 18.2 Å². The van der Waals surface area contributed by atoms with Crippen LogP contribution in [-0.4, -0.2) is 13.7 Å². The summed E-state index contributed by atoms with van der Waals surface area (Å²) >= 11 is 12.1. The zero-order valence-corrected chi connectivity index (χ0v) is 11.6. The largest absolute Gasteiger partial charge is 0.495 e. The Kier molecular flexibility index (Phi) is 5.83. The maximum Gasteiger partial charge on any atom is 0.145 e. The highest BCUT2D eigenvalue weighted by Crippen LogP contribution is 2.36. The number of allylic oxidation sites excluding steroid dienone is 2. The van der Waals surface area contributed by atoms with E-state index in [1.165, 1.54) is 0 Å². The van der Waals surface area contributed by atoms with E-state index in [0.717, 1.165) is 24.0 Å². The van der Waals surface area contributed by atoms with Gasteiger partial charge in [-0.05, 0) is 44.0 Å². The zero-order valence-electron chi connectivity index (χ0n) is 10.1. The van der Waals surface area contributed by atoms with Gasteiger partial charge in [0.15, 0.2) is 0 Å². The fourth-order valence-electron chi connectivity index (χ4n) is 1.61. The molecule has 0 amide bonds. The molecular weight excluding hydrogens is 257 g/mol. The summed E-state index contributed by atoms with van der Waals surface area (Å²) < 4.78 is 5.30. The van der Waals surface area contributed by atoms with Crippen LogP contribution in [0.1, 0.15) is 25.3 Å². The second kappa shape index (κ2) is 6.90. The molecular formula is C13H17Cl2NO. The molecule has 0 aliphatic carbocycles. The minimum Gasteiger partial charge on any atom is -0.495 e. The molecule has 17 heavy (non-hydrogen) atoms. The van der Waals surface area contributed by atoms with Crippen LogP contribution in [-0.2, 0) is 0 Å². The topological polar surface area (TPSA) is 35.2 Å². The Bertz CT molecular complexity index is 416. The lowest BCUT2D eigenvalue weighted by molar-refractivity contribution is 0.413. The summed E-state index contributed by atoms with van der Waals surface area (Å²) in [5.74, 6) is 0.664. The predicted octanol–water partition coefficient (Wildman–Crippen LogP) is 4.14. The fourth-order valence-corrected chi connectivity index (χ4v) is 2.18. The number of methoxy groups -OCH3 is 1. The van der Waals surface area contributed by atoms with Crippen LogP contribution in [0.3, 0.4) is 0 Å². The first-order valence-corrected chi connectivity index (χ1v) is 6.26. The third-order valence-electron chi connectivity index (χ3n) is 2.50. The number of unbranched alkanes of at least 4 members (excludes halogenated alkanes) is 1. The van der Waals surface area contributed by atoms with Gasteiger partial charge in [0.1, 0.15) is 5.75 Å². The highest BCUT2D eigenvalue weighted by atomic mass is 35.5. The fraction of sp³-hybridized carbons (Fsp3) is 0.385. The Morgan fingerprint density at radius 1 is 1.41 bits per heavy atom. The molecule has 0 aliphatic rings. The van der Waals surface area contributed by atoms with Crippen molar-refractivity contribution in [3.63, 3.8) is 0 Å². The van der Waals surface area contributed by atoms with E-state index < -0.39 is 0 Å². The maximum atomic E-state index is 6.08. The predicted molar refractivity (Wildman–Crippen MR) is 75.0 cm³/mol. The number of rotatable bonds is 5. The summed E-state index contributed by atoms with van der Waals surface area (Å²) in [7, 11) is 1.60. The van der Waals surface area contributed by atoms with Crippen LogP contribution in [0.4, 0.5) is 0 Å². The molecule has 0 fully saturated rings. The van der Waals surface area contributed by atoms with Crippen molar-refractivity contribution in [2.24, 2.45) is 5.73 Å². The lowest BCUT2D eigenvalue weighted by Crippen LogP contribution is -1.97. The third-order valence-corrected chi connectivity index (χ3v) is 3.00. The van der Waals surface area contributed by atoms with Gasteiger partial charge in [-0.2, -0.15) is 0 Å². The Morgan fingerprint density at radius 3 is 2.71 bits per heavy atom. The van der Waals surface area contributed by atoms with Gasteiger partial charge < -0.3 is 10.5 Å². The van der Waals surface area contributed by atoms with Gasteiger partial charge in [0, 0.05) is 10.6 Å². The average molecular weight is 274 g/mol. The van der Waals surface area contributed by atoms with Crippen molar-refractivity contribution >= 4 is 28.8 Å².